The molecule has 0 bridgehead atoms. The molecule has 2 saturated heterocycles. The molecule has 1 aromatic heterocycles. The van der Waals surface area contributed by atoms with Crippen LogP contribution >= 0.6 is 0 Å². The van der Waals surface area contributed by atoms with E-state index in [0.717, 1.165) is 11.0 Å². The van der Waals surface area contributed by atoms with E-state index in [1.807, 2.05) is 57.8 Å². The van der Waals surface area contributed by atoms with Gasteiger partial charge in [0, 0.05) is 45.4 Å². The van der Waals surface area contributed by atoms with Crippen molar-refractivity contribution in [1.82, 2.24) is 19.4 Å². The minimum atomic E-state index is -0.0268. The molecule has 3 aromatic rings. The number of carbonyl (C=O) groups excluding carboxylic acids is 2. The zero-order chi connectivity index (χ0) is 21.0. The number of benzene rings is 2. The first kappa shape index (κ1) is 18.9. The van der Waals surface area contributed by atoms with Gasteiger partial charge >= 0.3 is 0 Å². The summed E-state index contributed by atoms with van der Waals surface area (Å²) in [6.45, 7) is 5.76. The van der Waals surface area contributed by atoms with Crippen LogP contribution in [-0.4, -0.2) is 50.8 Å². The van der Waals surface area contributed by atoms with Gasteiger partial charge in [-0.25, -0.2) is 4.98 Å². The number of imidazole rings is 1. The van der Waals surface area contributed by atoms with Crippen molar-refractivity contribution in [1.29, 1.82) is 0 Å². The van der Waals surface area contributed by atoms with Gasteiger partial charge in [-0.3, -0.25) is 9.59 Å². The molecule has 0 N–H and O–H groups in total. The molecular weight excluding hydrogens is 376 g/mol. The van der Waals surface area contributed by atoms with Crippen molar-refractivity contribution < 1.29 is 9.59 Å². The standard InChI is InChI=1S/C24H26N4O2/c1-15-8-4-5-9-18(15)22-19-14-27(12-17(19)13-28(22)16(2)29)24(30)23-25-20-10-6-7-11-21(20)26(23)3/h4-11,17,19,22H,12-14H2,1-3H3/t17-,19-,22+/m1/s1. The maximum atomic E-state index is 13.4. The summed E-state index contributed by atoms with van der Waals surface area (Å²) >= 11 is 0. The lowest BCUT2D eigenvalue weighted by molar-refractivity contribution is -0.130. The SMILES string of the molecule is CC(=O)N1C[C@H]2CN(C(=O)c3nc4ccccc4n3C)C[C@H]2[C@@H]1c1ccccc1C. The number of likely N-dealkylation sites (tertiary alicyclic amines) is 2. The third-order valence-corrected chi connectivity index (χ3v) is 6.84. The van der Waals surface area contributed by atoms with Gasteiger partial charge in [-0.15, -0.1) is 0 Å². The molecule has 30 heavy (non-hydrogen) atoms. The summed E-state index contributed by atoms with van der Waals surface area (Å²) in [6.07, 6.45) is 0. The van der Waals surface area contributed by atoms with Crippen molar-refractivity contribution in [2.45, 2.75) is 19.9 Å². The fourth-order valence-corrected chi connectivity index (χ4v) is 5.33. The molecule has 0 spiro atoms. The van der Waals surface area contributed by atoms with Gasteiger partial charge in [-0.1, -0.05) is 36.4 Å². The number of para-hydroxylation sites is 2. The fourth-order valence-electron chi connectivity index (χ4n) is 5.33. The Morgan fingerprint density at radius 1 is 1.00 bits per heavy atom. The Kier molecular flexibility index (Phi) is 4.38. The summed E-state index contributed by atoms with van der Waals surface area (Å²) in [5.74, 6) is 1.09. The number of hydrogen-bond donors (Lipinski definition) is 0. The Bertz CT molecular complexity index is 1150. The second kappa shape index (κ2) is 6.97. The fraction of sp³-hybridized carbons (Fsp3) is 0.375. The Morgan fingerprint density at radius 2 is 1.73 bits per heavy atom. The zero-order valence-electron chi connectivity index (χ0n) is 17.6. The number of hydrogen-bond acceptors (Lipinski definition) is 3. The van der Waals surface area contributed by atoms with Gasteiger partial charge in [0.25, 0.3) is 5.91 Å². The lowest BCUT2D eigenvalue weighted by Gasteiger charge is -2.30. The molecule has 2 aliphatic heterocycles. The van der Waals surface area contributed by atoms with E-state index in [4.69, 9.17) is 0 Å². The van der Waals surface area contributed by atoms with Crippen molar-refractivity contribution in [3.8, 4) is 0 Å². The van der Waals surface area contributed by atoms with E-state index < -0.39 is 0 Å². The monoisotopic (exact) mass is 402 g/mol. The summed E-state index contributed by atoms with van der Waals surface area (Å²) in [5.41, 5.74) is 4.18. The molecule has 3 atom stereocenters. The van der Waals surface area contributed by atoms with Crippen LogP contribution in [0.5, 0.6) is 0 Å². The Labute approximate surface area is 176 Å². The summed E-state index contributed by atoms with van der Waals surface area (Å²) in [6, 6.07) is 16.1. The van der Waals surface area contributed by atoms with Gasteiger partial charge in [0.05, 0.1) is 17.1 Å². The number of carbonyl (C=O) groups is 2. The Morgan fingerprint density at radius 3 is 2.47 bits per heavy atom. The Balaban J connectivity index is 1.45. The highest BCUT2D eigenvalue weighted by molar-refractivity contribution is 5.95. The maximum Gasteiger partial charge on any atom is 0.289 e. The molecule has 154 valence electrons. The van der Waals surface area contributed by atoms with Gasteiger partial charge in [0.2, 0.25) is 5.91 Å². The van der Waals surface area contributed by atoms with Crippen LogP contribution in [0, 0.1) is 18.8 Å². The van der Waals surface area contributed by atoms with Gasteiger partial charge in [0.15, 0.2) is 5.82 Å². The van der Waals surface area contributed by atoms with Gasteiger partial charge < -0.3 is 14.4 Å². The predicted molar refractivity (Wildman–Crippen MR) is 115 cm³/mol. The number of nitrogens with zero attached hydrogens (tertiary/aromatic N) is 4. The van der Waals surface area contributed by atoms with Gasteiger partial charge in [0.1, 0.15) is 0 Å². The molecule has 0 aliphatic carbocycles. The topological polar surface area (TPSA) is 58.4 Å². The minimum Gasteiger partial charge on any atom is -0.335 e. The molecule has 0 radical (unpaired) electrons. The number of aromatic nitrogens is 2. The van der Waals surface area contributed by atoms with Crippen molar-refractivity contribution >= 4 is 22.8 Å². The molecule has 0 unspecified atom stereocenters. The van der Waals surface area contributed by atoms with E-state index in [-0.39, 0.29) is 29.7 Å². The second-order valence-electron chi connectivity index (χ2n) is 8.59. The number of fused-ring (bicyclic) bond motifs is 2. The Hall–Kier alpha value is -3.15. The molecule has 2 amide bonds. The second-order valence-corrected chi connectivity index (χ2v) is 8.59. The van der Waals surface area contributed by atoms with Crippen LogP contribution in [0.3, 0.4) is 0 Å². The summed E-state index contributed by atoms with van der Waals surface area (Å²) in [4.78, 5) is 34.3. The third-order valence-electron chi connectivity index (χ3n) is 6.84. The van der Waals surface area contributed by atoms with Crippen LogP contribution in [0.15, 0.2) is 48.5 Å². The normalized spacial score (nSPS) is 23.2. The average molecular weight is 402 g/mol. The molecule has 5 rings (SSSR count). The molecule has 6 heteroatoms. The minimum absolute atomic E-state index is 0.0203. The van der Waals surface area contributed by atoms with E-state index in [1.165, 1.54) is 11.1 Å². The predicted octanol–water partition coefficient (Wildman–Crippen LogP) is 3.17. The van der Waals surface area contributed by atoms with E-state index in [1.54, 1.807) is 6.92 Å². The summed E-state index contributed by atoms with van der Waals surface area (Å²) in [7, 11) is 1.90. The van der Waals surface area contributed by atoms with Crippen LogP contribution in [0.1, 0.15) is 34.7 Å². The van der Waals surface area contributed by atoms with Crippen LogP contribution in [0.25, 0.3) is 11.0 Å². The van der Waals surface area contributed by atoms with E-state index in [9.17, 15) is 9.59 Å². The smallest absolute Gasteiger partial charge is 0.289 e. The number of amides is 2. The molecule has 3 heterocycles. The largest absolute Gasteiger partial charge is 0.335 e. The molecular formula is C24H26N4O2. The van der Waals surface area contributed by atoms with Crippen LogP contribution < -0.4 is 0 Å². The quantitative estimate of drug-likeness (QED) is 0.662. The first-order valence-corrected chi connectivity index (χ1v) is 10.5. The van der Waals surface area contributed by atoms with Crippen molar-refractivity contribution in [2.24, 2.45) is 18.9 Å². The summed E-state index contributed by atoms with van der Waals surface area (Å²) in [5, 5.41) is 0. The van der Waals surface area contributed by atoms with Crippen molar-refractivity contribution in [2.75, 3.05) is 19.6 Å². The molecule has 2 aliphatic rings. The highest BCUT2D eigenvalue weighted by atomic mass is 16.2. The first-order chi connectivity index (χ1) is 14.5. The molecule has 6 nitrogen and oxygen atoms in total. The van der Waals surface area contributed by atoms with E-state index in [0.29, 0.717) is 25.5 Å². The number of aryl methyl sites for hydroxylation is 2. The van der Waals surface area contributed by atoms with E-state index >= 15 is 0 Å². The lowest BCUT2D eigenvalue weighted by atomic mass is 9.87. The first-order valence-electron chi connectivity index (χ1n) is 10.5. The highest BCUT2D eigenvalue weighted by Crippen LogP contribution is 2.46. The van der Waals surface area contributed by atoms with Gasteiger partial charge in [-0.05, 0) is 30.2 Å². The van der Waals surface area contributed by atoms with Crippen LogP contribution in [0.4, 0.5) is 0 Å². The van der Waals surface area contributed by atoms with Crippen molar-refractivity contribution in [3.63, 3.8) is 0 Å². The van der Waals surface area contributed by atoms with Crippen molar-refractivity contribution in [3.05, 3.63) is 65.5 Å². The zero-order valence-corrected chi connectivity index (χ0v) is 17.6. The van der Waals surface area contributed by atoms with Gasteiger partial charge in [-0.2, -0.15) is 0 Å². The van der Waals surface area contributed by atoms with Crippen LogP contribution in [-0.2, 0) is 11.8 Å². The third kappa shape index (κ3) is 2.82. The molecule has 2 aromatic carbocycles. The average Bonchev–Trinajstić information content (AvgIpc) is 3.39. The molecule has 0 saturated carbocycles. The maximum absolute atomic E-state index is 13.4. The van der Waals surface area contributed by atoms with Crippen LogP contribution in [0.2, 0.25) is 0 Å². The van der Waals surface area contributed by atoms with E-state index in [2.05, 4.69) is 24.0 Å². The lowest BCUT2D eigenvalue weighted by Crippen LogP contribution is -2.37. The summed E-state index contributed by atoms with van der Waals surface area (Å²) < 4.78 is 1.88. The molecule has 2 fully saturated rings. The highest BCUT2D eigenvalue weighted by Gasteiger charge is 2.50. The number of rotatable bonds is 2.